The fraction of sp³-hybridized carbons (Fsp3) is 0.765. The first kappa shape index (κ1) is 16.3. The maximum absolute atomic E-state index is 12.4. The molecule has 1 aliphatic carbocycles. The molecule has 3 rings (SSSR count). The summed E-state index contributed by atoms with van der Waals surface area (Å²) in [6, 6.07) is 0. The van der Waals surface area contributed by atoms with E-state index in [1.165, 1.54) is 24.2 Å². The van der Waals surface area contributed by atoms with Gasteiger partial charge in [-0.1, -0.05) is 12.2 Å². The number of carbonyl (C=O) groups is 2. The molecular formula is C17H27N3O3. The fourth-order valence-electron chi connectivity index (χ4n) is 3.62. The molecule has 3 aliphatic rings. The van der Waals surface area contributed by atoms with E-state index in [0.29, 0.717) is 13.2 Å². The van der Waals surface area contributed by atoms with Gasteiger partial charge in [0.15, 0.2) is 0 Å². The minimum atomic E-state index is -0.361. The largest absolute Gasteiger partial charge is 0.448 e. The second-order valence-electron chi connectivity index (χ2n) is 6.72. The van der Waals surface area contributed by atoms with Crippen molar-refractivity contribution in [3.63, 3.8) is 0 Å². The highest BCUT2D eigenvalue weighted by Crippen LogP contribution is 2.20. The molecule has 2 amide bonds. The Morgan fingerprint density at radius 1 is 1.17 bits per heavy atom. The third-order valence-corrected chi connectivity index (χ3v) is 5.01. The van der Waals surface area contributed by atoms with E-state index >= 15 is 0 Å². The Morgan fingerprint density at radius 3 is 2.83 bits per heavy atom. The summed E-state index contributed by atoms with van der Waals surface area (Å²) in [4.78, 5) is 29.8. The summed E-state index contributed by atoms with van der Waals surface area (Å²) in [7, 11) is 0. The molecule has 2 fully saturated rings. The maximum atomic E-state index is 12.4. The van der Waals surface area contributed by atoms with Crippen molar-refractivity contribution in [3.05, 3.63) is 12.2 Å². The minimum Gasteiger partial charge on any atom is -0.448 e. The molecule has 23 heavy (non-hydrogen) atoms. The molecule has 0 aromatic rings. The number of hydrogen-bond donors (Lipinski definition) is 0. The Hall–Kier alpha value is -1.56. The van der Waals surface area contributed by atoms with Crippen molar-refractivity contribution in [2.45, 2.75) is 25.7 Å². The van der Waals surface area contributed by atoms with Crippen LogP contribution in [0.3, 0.4) is 0 Å². The molecule has 2 heterocycles. The molecule has 0 spiro atoms. The highest BCUT2D eigenvalue weighted by atomic mass is 16.6. The Morgan fingerprint density at radius 2 is 2.09 bits per heavy atom. The van der Waals surface area contributed by atoms with E-state index < -0.39 is 0 Å². The van der Waals surface area contributed by atoms with Gasteiger partial charge in [-0.15, -0.1) is 0 Å². The Kier molecular flexibility index (Phi) is 5.54. The Bertz CT molecular complexity index is 466. The zero-order chi connectivity index (χ0) is 16.1. The van der Waals surface area contributed by atoms with E-state index in [1.807, 2.05) is 4.90 Å². The van der Waals surface area contributed by atoms with Gasteiger partial charge in [-0.2, -0.15) is 0 Å². The summed E-state index contributed by atoms with van der Waals surface area (Å²) in [5, 5.41) is 0. The van der Waals surface area contributed by atoms with Gasteiger partial charge in [0, 0.05) is 26.2 Å². The second kappa shape index (κ2) is 7.81. The number of ether oxygens (including phenoxy) is 1. The van der Waals surface area contributed by atoms with Crippen molar-refractivity contribution in [2.24, 2.45) is 5.92 Å². The normalized spacial score (nSPS) is 26.3. The van der Waals surface area contributed by atoms with Gasteiger partial charge in [0.05, 0.1) is 6.54 Å². The molecule has 2 aliphatic heterocycles. The Labute approximate surface area is 138 Å². The van der Waals surface area contributed by atoms with E-state index in [0.717, 1.165) is 45.1 Å². The zero-order valence-corrected chi connectivity index (χ0v) is 13.8. The quantitative estimate of drug-likeness (QED) is 0.733. The van der Waals surface area contributed by atoms with E-state index in [4.69, 9.17) is 4.74 Å². The average Bonchev–Trinajstić information content (AvgIpc) is 2.82. The van der Waals surface area contributed by atoms with Crippen molar-refractivity contribution in [1.29, 1.82) is 0 Å². The fourth-order valence-corrected chi connectivity index (χ4v) is 3.62. The van der Waals surface area contributed by atoms with Gasteiger partial charge < -0.3 is 14.5 Å². The molecule has 0 saturated carbocycles. The van der Waals surface area contributed by atoms with Crippen molar-refractivity contribution >= 4 is 12.0 Å². The third kappa shape index (κ3) is 4.47. The van der Waals surface area contributed by atoms with Crippen LogP contribution in [0.5, 0.6) is 0 Å². The molecule has 1 atom stereocenters. The van der Waals surface area contributed by atoms with Crippen molar-refractivity contribution in [1.82, 2.24) is 14.7 Å². The van der Waals surface area contributed by atoms with E-state index in [-0.39, 0.29) is 18.5 Å². The first-order chi connectivity index (χ1) is 11.2. The van der Waals surface area contributed by atoms with Crippen LogP contribution in [0, 0.1) is 5.92 Å². The van der Waals surface area contributed by atoms with Gasteiger partial charge in [0.2, 0.25) is 5.91 Å². The average molecular weight is 321 g/mol. The van der Waals surface area contributed by atoms with E-state index in [1.54, 1.807) is 0 Å². The Balaban J connectivity index is 1.44. The number of hydrogen-bond acceptors (Lipinski definition) is 4. The summed E-state index contributed by atoms with van der Waals surface area (Å²) in [5.41, 5.74) is 0. The van der Waals surface area contributed by atoms with Gasteiger partial charge in [0.25, 0.3) is 0 Å². The van der Waals surface area contributed by atoms with Crippen LogP contribution in [0.25, 0.3) is 0 Å². The number of allylic oxidation sites excluding steroid dienone is 2. The van der Waals surface area contributed by atoms with Gasteiger partial charge >= 0.3 is 6.09 Å². The molecule has 0 bridgehead atoms. The van der Waals surface area contributed by atoms with Crippen molar-refractivity contribution in [2.75, 3.05) is 52.4 Å². The van der Waals surface area contributed by atoms with Crippen LogP contribution in [0.2, 0.25) is 0 Å². The first-order valence-corrected chi connectivity index (χ1v) is 8.79. The molecule has 0 aromatic heterocycles. The minimum absolute atomic E-state index is 0.0475. The summed E-state index contributed by atoms with van der Waals surface area (Å²) in [6.07, 6.45) is 8.91. The number of carbonyl (C=O) groups excluding carboxylic acids is 2. The lowest BCUT2D eigenvalue weighted by Gasteiger charge is -2.27. The molecule has 0 aromatic carbocycles. The molecule has 128 valence electrons. The smallest absolute Gasteiger partial charge is 0.410 e. The monoisotopic (exact) mass is 321 g/mol. The molecule has 0 radical (unpaired) electrons. The molecular weight excluding hydrogens is 294 g/mol. The summed E-state index contributed by atoms with van der Waals surface area (Å²) < 4.78 is 4.88. The molecule has 0 N–H and O–H groups in total. The standard InChI is InChI=1S/C17H27N3O3/c21-16(14-20-11-12-23-17(20)22)19-8-4-7-18(9-10-19)13-15-5-2-1-3-6-15/h1-2,15H,3-14H2. The lowest BCUT2D eigenvalue weighted by Crippen LogP contribution is -2.42. The molecule has 2 saturated heterocycles. The van der Waals surface area contributed by atoms with Gasteiger partial charge in [-0.25, -0.2) is 4.79 Å². The topological polar surface area (TPSA) is 53.1 Å². The van der Waals surface area contributed by atoms with Crippen LogP contribution in [0.15, 0.2) is 12.2 Å². The lowest BCUT2D eigenvalue weighted by atomic mass is 9.94. The van der Waals surface area contributed by atoms with Crippen LogP contribution in [-0.2, 0) is 9.53 Å². The van der Waals surface area contributed by atoms with Gasteiger partial charge in [-0.05, 0) is 38.1 Å². The third-order valence-electron chi connectivity index (χ3n) is 5.01. The SMILES string of the molecule is O=C(CN1CCOC1=O)N1CCCN(CC2CC=CCC2)CC1. The predicted molar refractivity (Wildman–Crippen MR) is 87.0 cm³/mol. The highest BCUT2D eigenvalue weighted by molar-refractivity contribution is 5.82. The van der Waals surface area contributed by atoms with Gasteiger partial charge in [-0.3, -0.25) is 9.69 Å². The number of rotatable bonds is 4. The van der Waals surface area contributed by atoms with Crippen LogP contribution >= 0.6 is 0 Å². The van der Waals surface area contributed by atoms with Crippen LogP contribution in [0.1, 0.15) is 25.7 Å². The van der Waals surface area contributed by atoms with Gasteiger partial charge in [0.1, 0.15) is 13.2 Å². The highest BCUT2D eigenvalue weighted by Gasteiger charge is 2.27. The molecule has 6 heteroatoms. The summed E-state index contributed by atoms with van der Waals surface area (Å²) in [5.74, 6) is 0.813. The van der Waals surface area contributed by atoms with E-state index in [9.17, 15) is 9.59 Å². The number of cyclic esters (lactones) is 1. The maximum Gasteiger partial charge on any atom is 0.410 e. The molecule has 6 nitrogen and oxygen atoms in total. The number of nitrogens with zero attached hydrogens (tertiary/aromatic N) is 3. The van der Waals surface area contributed by atoms with Crippen molar-refractivity contribution < 1.29 is 14.3 Å². The summed E-state index contributed by atoms with van der Waals surface area (Å²) in [6.45, 7) is 5.80. The number of amides is 2. The van der Waals surface area contributed by atoms with Crippen LogP contribution < -0.4 is 0 Å². The predicted octanol–water partition coefficient (Wildman–Crippen LogP) is 1.33. The molecule has 1 unspecified atom stereocenters. The lowest BCUT2D eigenvalue weighted by molar-refractivity contribution is -0.131. The first-order valence-electron chi connectivity index (χ1n) is 8.79. The van der Waals surface area contributed by atoms with E-state index in [2.05, 4.69) is 17.1 Å². The second-order valence-corrected chi connectivity index (χ2v) is 6.72. The van der Waals surface area contributed by atoms with Crippen molar-refractivity contribution in [3.8, 4) is 0 Å². The van der Waals surface area contributed by atoms with Crippen LogP contribution in [-0.4, -0.2) is 79.1 Å². The summed E-state index contributed by atoms with van der Waals surface area (Å²) >= 11 is 0. The zero-order valence-electron chi connectivity index (χ0n) is 13.8. The van der Waals surface area contributed by atoms with Crippen LogP contribution in [0.4, 0.5) is 4.79 Å².